The molecule has 1 aliphatic carbocycles. The van der Waals surface area contributed by atoms with E-state index in [1.165, 1.54) is 0 Å². The number of carbonyl (C=O) groups is 1. The summed E-state index contributed by atoms with van der Waals surface area (Å²) in [5, 5.41) is 0. The molecule has 0 aromatic heterocycles. The quantitative estimate of drug-likeness (QED) is 0.487. The van der Waals surface area contributed by atoms with Crippen LogP contribution in [0, 0.1) is 0 Å². The molecule has 2 aromatic carbocycles. The summed E-state index contributed by atoms with van der Waals surface area (Å²) in [4.78, 5) is 13.0. The molecule has 2 aliphatic rings. The number of hydrogen-bond acceptors (Lipinski definition) is 4. The monoisotopic (exact) mass is 324 g/mol. The van der Waals surface area contributed by atoms with Crippen LogP contribution in [0.15, 0.2) is 54.6 Å². The van der Waals surface area contributed by atoms with E-state index in [0.717, 1.165) is 37.0 Å². The molecule has 4 rings (SSSR count). The Labute approximate surface area is 141 Å². The summed E-state index contributed by atoms with van der Waals surface area (Å²) in [5.41, 5.74) is -0.565. The van der Waals surface area contributed by atoms with Gasteiger partial charge in [-0.05, 0) is 42.7 Å². The molecule has 1 unspecified atom stereocenters. The van der Waals surface area contributed by atoms with Gasteiger partial charge in [0.1, 0.15) is 17.1 Å². The fourth-order valence-electron chi connectivity index (χ4n) is 3.83. The average Bonchev–Trinajstić information content (AvgIpc) is 3.03. The third-order valence-corrected chi connectivity index (χ3v) is 5.10. The topological polar surface area (TPSA) is 48.1 Å². The molecular weight excluding hydrogens is 304 g/mol. The Kier molecular flexibility index (Phi) is 3.57. The minimum atomic E-state index is -0.994. The van der Waals surface area contributed by atoms with Crippen molar-refractivity contribution in [1.82, 2.24) is 0 Å². The lowest BCUT2D eigenvalue weighted by atomic mass is 9.85. The molecular formula is C20H20O4. The van der Waals surface area contributed by atoms with E-state index >= 15 is 0 Å². The number of rotatable bonds is 4. The van der Waals surface area contributed by atoms with E-state index in [1.807, 2.05) is 42.5 Å². The fraction of sp³-hybridized carbons (Fsp3) is 0.350. The first-order chi connectivity index (χ1) is 11.7. The zero-order valence-corrected chi connectivity index (χ0v) is 13.7. The summed E-state index contributed by atoms with van der Waals surface area (Å²) < 4.78 is 17.0. The van der Waals surface area contributed by atoms with Gasteiger partial charge in [-0.2, -0.15) is 0 Å². The van der Waals surface area contributed by atoms with Crippen LogP contribution in [0.25, 0.3) is 0 Å². The van der Waals surface area contributed by atoms with E-state index in [4.69, 9.17) is 14.2 Å². The maximum Gasteiger partial charge on any atom is 0.351 e. The van der Waals surface area contributed by atoms with E-state index in [0.29, 0.717) is 5.75 Å². The average molecular weight is 324 g/mol. The van der Waals surface area contributed by atoms with Crippen LogP contribution in [0.5, 0.6) is 11.5 Å². The van der Waals surface area contributed by atoms with Crippen LogP contribution in [0.1, 0.15) is 31.2 Å². The van der Waals surface area contributed by atoms with Gasteiger partial charge in [-0.15, -0.1) is 0 Å². The van der Waals surface area contributed by atoms with Gasteiger partial charge in [-0.3, -0.25) is 0 Å². The van der Waals surface area contributed by atoms with E-state index in [2.05, 4.69) is 0 Å². The van der Waals surface area contributed by atoms with Gasteiger partial charge in [0.2, 0.25) is 5.60 Å². The Balaban J connectivity index is 1.68. The summed E-state index contributed by atoms with van der Waals surface area (Å²) in [6.45, 7) is 0. The van der Waals surface area contributed by atoms with E-state index in [9.17, 15) is 4.79 Å². The summed E-state index contributed by atoms with van der Waals surface area (Å²) in [5.74, 6) is 0.964. The maximum absolute atomic E-state index is 13.0. The van der Waals surface area contributed by atoms with Crippen LogP contribution in [0.3, 0.4) is 0 Å². The zero-order valence-electron chi connectivity index (χ0n) is 13.7. The summed E-state index contributed by atoms with van der Waals surface area (Å²) >= 11 is 0. The van der Waals surface area contributed by atoms with Crippen molar-refractivity contribution >= 4 is 5.97 Å². The molecule has 4 heteroatoms. The van der Waals surface area contributed by atoms with Crippen molar-refractivity contribution in [2.45, 2.75) is 36.9 Å². The smallest absolute Gasteiger partial charge is 0.351 e. The van der Waals surface area contributed by atoms with Crippen LogP contribution in [0.4, 0.5) is 0 Å². The first kappa shape index (κ1) is 15.2. The highest BCUT2D eigenvalue weighted by Gasteiger charge is 2.76. The molecule has 24 heavy (non-hydrogen) atoms. The molecule has 0 N–H and O–H groups in total. The second kappa shape index (κ2) is 5.64. The number of hydrogen-bond donors (Lipinski definition) is 0. The van der Waals surface area contributed by atoms with Crippen molar-refractivity contribution in [2.75, 3.05) is 7.11 Å². The van der Waals surface area contributed by atoms with E-state index in [1.54, 1.807) is 19.2 Å². The van der Waals surface area contributed by atoms with Crippen LogP contribution in [0.2, 0.25) is 0 Å². The van der Waals surface area contributed by atoms with Crippen LogP contribution in [-0.2, 0) is 15.1 Å². The number of ether oxygens (including phenoxy) is 3. The Morgan fingerprint density at radius 1 is 0.958 bits per heavy atom. The second-order valence-electron chi connectivity index (χ2n) is 6.42. The Morgan fingerprint density at radius 2 is 1.62 bits per heavy atom. The lowest BCUT2D eigenvalue weighted by Crippen LogP contribution is -2.34. The van der Waals surface area contributed by atoms with Crippen molar-refractivity contribution in [3.63, 3.8) is 0 Å². The molecule has 1 atom stereocenters. The summed E-state index contributed by atoms with van der Waals surface area (Å²) in [6.07, 6.45) is 3.94. The molecule has 2 aromatic rings. The Morgan fingerprint density at radius 3 is 2.25 bits per heavy atom. The third kappa shape index (κ3) is 2.21. The number of para-hydroxylation sites is 1. The van der Waals surface area contributed by atoms with Gasteiger partial charge >= 0.3 is 5.97 Å². The molecule has 124 valence electrons. The van der Waals surface area contributed by atoms with Gasteiger partial charge in [0.25, 0.3) is 0 Å². The van der Waals surface area contributed by atoms with Crippen LogP contribution < -0.4 is 9.47 Å². The van der Waals surface area contributed by atoms with Crippen molar-refractivity contribution in [3.8, 4) is 11.5 Å². The van der Waals surface area contributed by atoms with Gasteiger partial charge in [0, 0.05) is 0 Å². The molecule has 0 radical (unpaired) electrons. The SMILES string of the molecule is COc1ccc(C2(C(=O)Oc3ccccc3)OC23CCCC3)cc1. The van der Waals surface area contributed by atoms with Gasteiger partial charge in [0.15, 0.2) is 0 Å². The largest absolute Gasteiger partial charge is 0.497 e. The standard InChI is InChI=1S/C20H20O4/c1-22-16-11-9-15(10-12-16)20(19(24-20)13-5-6-14-19)18(21)23-17-7-3-2-4-8-17/h2-4,7-12H,5-6,13-14H2,1H3. The highest BCUT2D eigenvalue weighted by molar-refractivity contribution is 5.88. The van der Waals surface area contributed by atoms with Gasteiger partial charge < -0.3 is 14.2 Å². The maximum atomic E-state index is 13.0. The number of carbonyl (C=O) groups excluding carboxylic acids is 1. The van der Waals surface area contributed by atoms with E-state index < -0.39 is 11.2 Å². The lowest BCUT2D eigenvalue weighted by molar-refractivity contribution is -0.140. The Bertz CT molecular complexity index is 732. The van der Waals surface area contributed by atoms with Crippen molar-refractivity contribution in [3.05, 3.63) is 60.2 Å². The number of esters is 1. The molecule has 2 fully saturated rings. The van der Waals surface area contributed by atoms with Gasteiger partial charge in [-0.25, -0.2) is 4.79 Å². The zero-order chi connectivity index (χ0) is 16.6. The first-order valence-corrected chi connectivity index (χ1v) is 8.32. The normalized spacial score (nSPS) is 23.9. The molecule has 1 saturated heterocycles. The third-order valence-electron chi connectivity index (χ3n) is 5.10. The second-order valence-corrected chi connectivity index (χ2v) is 6.42. The predicted octanol–water partition coefficient (Wildman–Crippen LogP) is 3.84. The molecule has 1 heterocycles. The minimum absolute atomic E-state index is 0.333. The highest BCUT2D eigenvalue weighted by Crippen LogP contribution is 2.64. The van der Waals surface area contributed by atoms with Crippen molar-refractivity contribution in [2.24, 2.45) is 0 Å². The fourth-order valence-corrected chi connectivity index (χ4v) is 3.83. The van der Waals surface area contributed by atoms with E-state index in [-0.39, 0.29) is 5.97 Å². The molecule has 4 nitrogen and oxygen atoms in total. The Hall–Kier alpha value is -2.33. The van der Waals surface area contributed by atoms with Crippen molar-refractivity contribution in [1.29, 1.82) is 0 Å². The minimum Gasteiger partial charge on any atom is -0.497 e. The van der Waals surface area contributed by atoms with Crippen molar-refractivity contribution < 1.29 is 19.0 Å². The van der Waals surface area contributed by atoms with Crippen LogP contribution >= 0.6 is 0 Å². The van der Waals surface area contributed by atoms with Gasteiger partial charge in [0.05, 0.1) is 7.11 Å². The highest BCUT2D eigenvalue weighted by atomic mass is 16.7. The predicted molar refractivity (Wildman–Crippen MR) is 89.0 cm³/mol. The molecule has 1 saturated carbocycles. The number of epoxide rings is 1. The molecule has 0 bridgehead atoms. The first-order valence-electron chi connectivity index (χ1n) is 8.32. The number of benzene rings is 2. The molecule has 1 spiro atoms. The van der Waals surface area contributed by atoms with Crippen LogP contribution in [-0.4, -0.2) is 18.7 Å². The molecule has 1 aliphatic heterocycles. The summed E-state index contributed by atoms with van der Waals surface area (Å²) in [7, 11) is 1.63. The summed E-state index contributed by atoms with van der Waals surface area (Å²) in [6, 6.07) is 16.7. The lowest BCUT2D eigenvalue weighted by Gasteiger charge is -2.16. The number of methoxy groups -OCH3 is 1. The molecule has 0 amide bonds. The van der Waals surface area contributed by atoms with Gasteiger partial charge in [-0.1, -0.05) is 43.2 Å².